The number of para-hydroxylation sites is 1. The average Bonchev–Trinajstić information content (AvgIpc) is 3.33. The summed E-state index contributed by atoms with van der Waals surface area (Å²) in [4.78, 5) is 18.3. The topological polar surface area (TPSA) is 48.1 Å². The molecule has 1 saturated heterocycles. The van der Waals surface area contributed by atoms with E-state index in [1.165, 1.54) is 16.5 Å². The molecule has 1 aliphatic carbocycles. The number of benzene rings is 2. The summed E-state index contributed by atoms with van der Waals surface area (Å²) in [5, 5.41) is 4.26. The highest BCUT2D eigenvalue weighted by Crippen LogP contribution is 2.34. The fourth-order valence-electron chi connectivity index (χ4n) is 5.98. The number of carbonyl (C=O) groups excluding carboxylic acids is 1. The normalized spacial score (nSPS) is 21.8. The molecule has 1 aliphatic heterocycles. The third-order valence-electron chi connectivity index (χ3n) is 8.10. The van der Waals surface area contributed by atoms with E-state index in [0.717, 1.165) is 76.4 Å². The Balaban J connectivity index is 1.05. The molecule has 0 radical (unpaired) electrons. The lowest BCUT2D eigenvalue weighted by atomic mass is 9.84. The van der Waals surface area contributed by atoms with Gasteiger partial charge in [0, 0.05) is 41.3 Å². The Morgan fingerprint density at radius 1 is 1.03 bits per heavy atom. The number of fused-ring (bicyclic) bond motifs is 1. The quantitative estimate of drug-likeness (QED) is 0.271. The van der Waals surface area contributed by atoms with Crippen molar-refractivity contribution in [3.05, 3.63) is 77.2 Å². The standard InChI is InChI=1S/C30H33F4N3O/c31-27-11-8-23(30(32,33)34)17-22(27)7-12-29(38)36-24-9-5-20(6-10-24)19-37-15-13-21(14-16-37)26-18-35-28-4-2-1-3-25(26)28/h1-4,7-8,11-12,17-18,20-21,24,35H,5-6,9-10,13-16,19H2,(H,36,38)/b12-7+. The average molecular weight is 528 g/mol. The molecule has 3 aromatic rings. The minimum Gasteiger partial charge on any atom is -0.361 e. The number of nitrogens with one attached hydrogen (secondary N) is 2. The Morgan fingerprint density at radius 2 is 1.76 bits per heavy atom. The Bertz CT molecular complexity index is 1280. The third kappa shape index (κ3) is 6.29. The molecule has 1 saturated carbocycles. The van der Waals surface area contributed by atoms with Crippen LogP contribution in [0, 0.1) is 11.7 Å². The molecule has 0 spiro atoms. The van der Waals surface area contributed by atoms with Crippen LogP contribution in [0.5, 0.6) is 0 Å². The highest BCUT2D eigenvalue weighted by molar-refractivity contribution is 5.92. The Labute approximate surface area is 220 Å². The summed E-state index contributed by atoms with van der Waals surface area (Å²) in [5.41, 5.74) is 1.43. The van der Waals surface area contributed by atoms with E-state index in [2.05, 4.69) is 45.7 Å². The number of nitrogens with zero attached hydrogens (tertiary/aromatic N) is 1. The summed E-state index contributed by atoms with van der Waals surface area (Å²) in [6.45, 7) is 3.27. The van der Waals surface area contributed by atoms with Gasteiger partial charge in [0.15, 0.2) is 0 Å². The van der Waals surface area contributed by atoms with Gasteiger partial charge >= 0.3 is 6.18 Å². The van der Waals surface area contributed by atoms with E-state index in [4.69, 9.17) is 0 Å². The number of hydrogen-bond donors (Lipinski definition) is 2. The van der Waals surface area contributed by atoms with Crippen LogP contribution in [0.25, 0.3) is 17.0 Å². The molecule has 0 bridgehead atoms. The van der Waals surface area contributed by atoms with E-state index in [-0.39, 0.29) is 11.6 Å². The second-order valence-electron chi connectivity index (χ2n) is 10.7. The van der Waals surface area contributed by atoms with Crippen molar-refractivity contribution in [2.75, 3.05) is 19.6 Å². The second kappa shape index (κ2) is 11.3. The Hall–Kier alpha value is -3.13. The summed E-state index contributed by atoms with van der Waals surface area (Å²) < 4.78 is 52.6. The van der Waals surface area contributed by atoms with Crippen LogP contribution in [0.4, 0.5) is 17.6 Å². The van der Waals surface area contributed by atoms with Gasteiger partial charge in [-0.1, -0.05) is 18.2 Å². The van der Waals surface area contributed by atoms with E-state index < -0.39 is 23.5 Å². The van der Waals surface area contributed by atoms with Gasteiger partial charge in [-0.15, -0.1) is 0 Å². The van der Waals surface area contributed by atoms with Crippen LogP contribution >= 0.6 is 0 Å². The number of hydrogen-bond acceptors (Lipinski definition) is 2. The number of halogens is 4. The van der Waals surface area contributed by atoms with Crippen molar-refractivity contribution in [1.29, 1.82) is 0 Å². The largest absolute Gasteiger partial charge is 0.416 e. The molecule has 4 nitrogen and oxygen atoms in total. The smallest absolute Gasteiger partial charge is 0.361 e. The van der Waals surface area contributed by atoms with Gasteiger partial charge in [0.1, 0.15) is 5.82 Å². The summed E-state index contributed by atoms with van der Waals surface area (Å²) in [5.74, 6) is -0.0222. The number of aromatic nitrogens is 1. The summed E-state index contributed by atoms with van der Waals surface area (Å²) in [6, 6.07) is 10.7. The molecule has 202 valence electrons. The Morgan fingerprint density at radius 3 is 2.50 bits per heavy atom. The van der Waals surface area contributed by atoms with Crippen molar-refractivity contribution in [2.24, 2.45) is 5.92 Å². The van der Waals surface area contributed by atoms with E-state index in [1.54, 1.807) is 0 Å². The van der Waals surface area contributed by atoms with Gasteiger partial charge in [-0.3, -0.25) is 4.79 Å². The van der Waals surface area contributed by atoms with E-state index in [9.17, 15) is 22.4 Å². The lowest BCUT2D eigenvalue weighted by Gasteiger charge is -2.36. The first kappa shape index (κ1) is 26.5. The molecule has 0 atom stereocenters. The molecular formula is C30H33F4N3O. The maximum Gasteiger partial charge on any atom is 0.416 e. The van der Waals surface area contributed by atoms with Crippen LogP contribution in [0.1, 0.15) is 61.1 Å². The molecule has 5 rings (SSSR count). The lowest BCUT2D eigenvalue weighted by molar-refractivity contribution is -0.137. The molecule has 38 heavy (non-hydrogen) atoms. The van der Waals surface area contributed by atoms with Crippen molar-refractivity contribution < 1.29 is 22.4 Å². The van der Waals surface area contributed by atoms with Gasteiger partial charge in [0.25, 0.3) is 0 Å². The lowest BCUT2D eigenvalue weighted by Crippen LogP contribution is -2.41. The SMILES string of the molecule is O=C(/C=C/c1cc(C(F)(F)F)ccc1F)NC1CCC(CN2CCC(c3c[nH]c4ccccc34)CC2)CC1. The molecule has 2 aliphatic rings. The van der Waals surface area contributed by atoms with Crippen LogP contribution in [-0.2, 0) is 11.0 Å². The van der Waals surface area contributed by atoms with Crippen LogP contribution in [0.3, 0.4) is 0 Å². The summed E-state index contributed by atoms with van der Waals surface area (Å²) in [7, 11) is 0. The van der Waals surface area contributed by atoms with Crippen molar-refractivity contribution in [2.45, 2.75) is 56.7 Å². The van der Waals surface area contributed by atoms with Gasteiger partial charge in [-0.05, 0) is 99.4 Å². The molecule has 2 fully saturated rings. The third-order valence-corrected chi connectivity index (χ3v) is 8.10. The van der Waals surface area contributed by atoms with Crippen molar-refractivity contribution >= 4 is 22.9 Å². The van der Waals surface area contributed by atoms with Gasteiger partial charge in [-0.2, -0.15) is 13.2 Å². The van der Waals surface area contributed by atoms with Crippen molar-refractivity contribution in [1.82, 2.24) is 15.2 Å². The van der Waals surface area contributed by atoms with Crippen LogP contribution in [0.15, 0.2) is 54.7 Å². The van der Waals surface area contributed by atoms with E-state index in [1.807, 2.05) is 0 Å². The highest BCUT2D eigenvalue weighted by atomic mass is 19.4. The predicted molar refractivity (Wildman–Crippen MR) is 141 cm³/mol. The molecule has 2 heterocycles. The zero-order valence-corrected chi connectivity index (χ0v) is 21.2. The monoisotopic (exact) mass is 527 g/mol. The highest BCUT2D eigenvalue weighted by Gasteiger charge is 2.31. The molecule has 0 unspecified atom stereocenters. The minimum atomic E-state index is -4.57. The van der Waals surface area contributed by atoms with Crippen molar-refractivity contribution in [3.8, 4) is 0 Å². The fraction of sp³-hybridized carbons (Fsp3) is 0.433. The fourth-order valence-corrected chi connectivity index (χ4v) is 5.98. The zero-order valence-electron chi connectivity index (χ0n) is 21.2. The molecule has 2 N–H and O–H groups in total. The summed E-state index contributed by atoms with van der Waals surface area (Å²) in [6.07, 6.45) is 5.93. The molecule has 1 aromatic heterocycles. The van der Waals surface area contributed by atoms with E-state index in [0.29, 0.717) is 24.0 Å². The summed E-state index contributed by atoms with van der Waals surface area (Å²) >= 11 is 0. The van der Waals surface area contributed by atoms with Crippen LogP contribution in [0.2, 0.25) is 0 Å². The van der Waals surface area contributed by atoms with Gasteiger partial charge in [0.05, 0.1) is 5.56 Å². The number of carbonyl (C=O) groups is 1. The number of amides is 1. The molecule has 1 amide bonds. The number of H-pyrrole nitrogens is 1. The van der Waals surface area contributed by atoms with Gasteiger partial charge in [-0.25, -0.2) is 4.39 Å². The molecule has 2 aromatic carbocycles. The maximum absolute atomic E-state index is 13.9. The number of rotatable bonds is 6. The first-order chi connectivity index (χ1) is 18.3. The Kier molecular flexibility index (Phi) is 7.88. The number of piperidine rings is 1. The first-order valence-electron chi connectivity index (χ1n) is 13.4. The van der Waals surface area contributed by atoms with E-state index >= 15 is 0 Å². The van der Waals surface area contributed by atoms with Crippen LogP contribution in [-0.4, -0.2) is 41.5 Å². The molecule has 8 heteroatoms. The minimum absolute atomic E-state index is 0.0300. The first-order valence-corrected chi connectivity index (χ1v) is 13.4. The van der Waals surface area contributed by atoms with Crippen molar-refractivity contribution in [3.63, 3.8) is 0 Å². The second-order valence-corrected chi connectivity index (χ2v) is 10.7. The van der Waals surface area contributed by atoms with Crippen LogP contribution < -0.4 is 5.32 Å². The van der Waals surface area contributed by atoms with Gasteiger partial charge < -0.3 is 15.2 Å². The number of alkyl halides is 3. The number of aromatic amines is 1. The van der Waals surface area contributed by atoms with Gasteiger partial charge in [0.2, 0.25) is 5.91 Å². The zero-order chi connectivity index (χ0) is 26.7. The maximum atomic E-state index is 13.9. The molecular weight excluding hydrogens is 494 g/mol. The number of likely N-dealkylation sites (tertiary alicyclic amines) is 1. The predicted octanol–water partition coefficient (Wildman–Crippen LogP) is 6.89.